The van der Waals surface area contributed by atoms with Gasteiger partial charge < -0.3 is 20.1 Å². The van der Waals surface area contributed by atoms with Crippen LogP contribution in [0.15, 0.2) is 60.1 Å². The second-order valence-electron chi connectivity index (χ2n) is 18.4. The maximum absolute atomic E-state index is 15.2. The largest absolute Gasteiger partial charge is 0.488 e. The average molecular weight is 915 g/mol. The topological polar surface area (TPSA) is 188 Å². The molecule has 0 bridgehead atoms. The number of allylic oxidation sites excluding steroid dienone is 1. The maximum Gasteiger partial charge on any atom is 0.411 e. The fourth-order valence-electron chi connectivity index (χ4n) is 8.68. The molecule has 0 unspecified atom stereocenters. The summed E-state index contributed by atoms with van der Waals surface area (Å²) in [6.45, 7) is 7.91. The van der Waals surface area contributed by atoms with E-state index in [4.69, 9.17) is 9.72 Å². The number of sulfonamides is 1. The van der Waals surface area contributed by atoms with Gasteiger partial charge in [0.1, 0.15) is 45.7 Å². The molecule has 1 aromatic carbocycles. The van der Waals surface area contributed by atoms with E-state index in [9.17, 15) is 41.1 Å². The smallest absolute Gasteiger partial charge is 0.411 e. The van der Waals surface area contributed by atoms with E-state index in [-0.39, 0.29) is 42.4 Å². The summed E-state index contributed by atoms with van der Waals surface area (Å²) in [4.78, 5) is 67.4. The lowest BCUT2D eigenvalue weighted by molar-refractivity contribution is -0.222. The summed E-state index contributed by atoms with van der Waals surface area (Å²) in [7, 11) is -4.13. The van der Waals surface area contributed by atoms with E-state index in [0.29, 0.717) is 55.9 Å². The SMILES string of the molecule is Cc1ccc(-c2cc(O[C@@H]3C[C@H]4C(=O)N[C@]5(C(=O)NS(=O)(=O)C6(C)CC6)C[C@H]5/C=C\CC[C@@H](C)C[C@@H](C)[C@H](N(C(=O)O)C(C)(C)C(F)(F)F)C(=O)N4C3)cc(-c3nccs3)n2)cc1. The first-order chi connectivity index (χ1) is 29.5. The number of nitrogens with zero attached hydrogens (tertiary/aromatic N) is 4. The molecule has 2 saturated carbocycles. The molecule has 7 atom stereocenters. The Balaban J connectivity index is 1.30. The van der Waals surface area contributed by atoms with Gasteiger partial charge in [0.15, 0.2) is 0 Å². The van der Waals surface area contributed by atoms with Crippen molar-refractivity contribution in [1.29, 1.82) is 0 Å². The predicted octanol–water partition coefficient (Wildman–Crippen LogP) is 7.10. The Bertz CT molecular complexity index is 2390. The summed E-state index contributed by atoms with van der Waals surface area (Å²) in [6.07, 6.45) is -1.19. The average Bonchev–Trinajstić information content (AvgIpc) is 3.95. The lowest BCUT2D eigenvalue weighted by Gasteiger charge is -2.45. The third kappa shape index (κ3) is 9.17. The molecule has 7 rings (SSSR count). The van der Waals surface area contributed by atoms with Crippen LogP contribution in [-0.2, 0) is 24.4 Å². The van der Waals surface area contributed by atoms with Crippen LogP contribution in [0.1, 0.15) is 85.1 Å². The third-order valence-electron chi connectivity index (χ3n) is 13.1. The zero-order valence-electron chi connectivity index (χ0n) is 35.9. The molecular formula is C44H53F3N6O8S2. The van der Waals surface area contributed by atoms with Gasteiger partial charge >= 0.3 is 12.3 Å². The second kappa shape index (κ2) is 16.8. The van der Waals surface area contributed by atoms with E-state index >= 15 is 4.79 Å². The van der Waals surface area contributed by atoms with Crippen LogP contribution in [0.2, 0.25) is 0 Å². The molecule has 19 heteroatoms. The molecule has 0 radical (unpaired) electrons. The second-order valence-corrected chi connectivity index (χ2v) is 21.5. The standard InChI is InChI=1S/C44H53F3N6O8S2/c1-25-11-13-28(14-12-25)32-20-30(21-33(49-32)37-48-17-18-62-37)61-31-22-34-36(54)50-43(39(56)51-63(59,60)42(6)15-16-42)23-29(43)10-8-7-9-26(2)19-27(3)35(38(55)52(34)24-31)53(40(57)58)41(4,5)44(45,46)47/h8,10-14,17-18,20-21,26-27,29,31,34-35H,7,9,15-16,19,22-24H2,1-6H3,(H,50,54)(H,51,56)(H,57,58)/b10-8-/t26-,27-,29-,31-,34+,35+,43-/m1/s1. The van der Waals surface area contributed by atoms with E-state index in [2.05, 4.69) is 15.0 Å². The summed E-state index contributed by atoms with van der Waals surface area (Å²) in [5, 5.41) is 15.7. The maximum atomic E-state index is 15.2. The molecule has 0 spiro atoms. The molecule has 4 heterocycles. The molecule has 340 valence electrons. The molecular weight excluding hydrogens is 862 g/mol. The number of hydrogen-bond acceptors (Lipinski definition) is 10. The number of pyridine rings is 1. The highest BCUT2D eigenvalue weighted by molar-refractivity contribution is 7.91. The van der Waals surface area contributed by atoms with Crippen molar-refractivity contribution < 1.29 is 50.6 Å². The third-order valence-corrected chi connectivity index (χ3v) is 16.0. The van der Waals surface area contributed by atoms with Crippen molar-refractivity contribution in [1.82, 2.24) is 29.8 Å². The summed E-state index contributed by atoms with van der Waals surface area (Å²) < 4.78 is 78.6. The van der Waals surface area contributed by atoms with Gasteiger partial charge in [-0.15, -0.1) is 11.3 Å². The first kappa shape index (κ1) is 46.0. The zero-order valence-corrected chi connectivity index (χ0v) is 37.6. The van der Waals surface area contributed by atoms with Gasteiger partial charge in [0.25, 0.3) is 5.91 Å². The lowest BCUT2D eigenvalue weighted by atomic mass is 9.85. The molecule has 3 aromatic rings. The Labute approximate surface area is 368 Å². The molecule has 2 aliphatic carbocycles. The number of ether oxygens (including phenoxy) is 1. The van der Waals surface area contributed by atoms with Gasteiger partial charge in [-0.1, -0.05) is 55.8 Å². The van der Waals surface area contributed by atoms with Crippen LogP contribution >= 0.6 is 11.3 Å². The van der Waals surface area contributed by atoms with Crippen LogP contribution in [0.3, 0.4) is 0 Å². The molecule has 4 amide bonds. The van der Waals surface area contributed by atoms with Crippen molar-refractivity contribution in [2.45, 2.75) is 127 Å². The molecule has 4 aliphatic rings. The monoisotopic (exact) mass is 914 g/mol. The minimum atomic E-state index is -5.10. The number of rotatable bonds is 9. The number of carbonyl (C=O) groups is 4. The molecule has 2 aliphatic heterocycles. The molecule has 3 fully saturated rings. The number of benzene rings is 1. The fraction of sp³-hybridized carbons (Fsp3) is 0.545. The number of alkyl halides is 3. The summed E-state index contributed by atoms with van der Waals surface area (Å²) in [5.41, 5.74) is -1.97. The lowest BCUT2D eigenvalue weighted by Crippen LogP contribution is -2.66. The normalized spacial score (nSPS) is 28.0. The predicted molar refractivity (Wildman–Crippen MR) is 229 cm³/mol. The Morgan fingerprint density at radius 2 is 1.76 bits per heavy atom. The summed E-state index contributed by atoms with van der Waals surface area (Å²) >= 11 is 1.35. The molecule has 3 N–H and O–H groups in total. The highest BCUT2D eigenvalue weighted by Crippen LogP contribution is 2.48. The molecule has 2 aromatic heterocycles. The van der Waals surface area contributed by atoms with Crippen molar-refractivity contribution in [3.8, 4) is 27.7 Å². The van der Waals surface area contributed by atoms with Crippen LogP contribution in [-0.4, -0.2) is 104 Å². The number of carboxylic acid groups (broad SMARTS) is 1. The van der Waals surface area contributed by atoms with E-state index in [0.717, 1.165) is 16.0 Å². The fourth-order valence-corrected chi connectivity index (χ4v) is 10.6. The number of halogens is 3. The van der Waals surface area contributed by atoms with Crippen molar-refractivity contribution in [3.05, 3.63) is 65.7 Å². The van der Waals surface area contributed by atoms with Gasteiger partial charge in [-0.3, -0.25) is 24.0 Å². The minimum absolute atomic E-state index is 0.0496. The minimum Gasteiger partial charge on any atom is -0.488 e. The quantitative estimate of drug-likeness (QED) is 0.187. The van der Waals surface area contributed by atoms with Crippen molar-refractivity contribution in [2.24, 2.45) is 17.8 Å². The van der Waals surface area contributed by atoms with Gasteiger partial charge in [-0.2, -0.15) is 13.2 Å². The van der Waals surface area contributed by atoms with Crippen LogP contribution < -0.4 is 14.8 Å². The number of carbonyl (C=O) groups excluding carboxylic acids is 3. The summed E-state index contributed by atoms with van der Waals surface area (Å²) in [5.74, 6) is -4.32. The van der Waals surface area contributed by atoms with Gasteiger partial charge in [0, 0.05) is 41.6 Å². The first-order valence-electron chi connectivity index (χ1n) is 21.1. The van der Waals surface area contributed by atoms with Gasteiger partial charge in [-0.25, -0.2) is 23.2 Å². The molecule has 1 saturated heterocycles. The molecule has 63 heavy (non-hydrogen) atoms. The number of hydrogen-bond donors (Lipinski definition) is 3. The Kier molecular flexibility index (Phi) is 12.3. The van der Waals surface area contributed by atoms with E-state index in [1.165, 1.54) is 25.2 Å². The Morgan fingerprint density at radius 3 is 2.38 bits per heavy atom. The molecule has 14 nitrogen and oxygen atoms in total. The van der Waals surface area contributed by atoms with Gasteiger partial charge in [0.2, 0.25) is 21.8 Å². The highest BCUT2D eigenvalue weighted by atomic mass is 32.2. The highest BCUT2D eigenvalue weighted by Gasteiger charge is 2.64. The number of aryl methyl sites for hydroxylation is 1. The van der Waals surface area contributed by atoms with Crippen LogP contribution in [0, 0.1) is 24.7 Å². The van der Waals surface area contributed by atoms with Gasteiger partial charge in [-0.05, 0) is 78.1 Å². The number of nitrogens with one attached hydrogen (secondary N) is 2. The zero-order chi connectivity index (χ0) is 45.9. The van der Waals surface area contributed by atoms with E-state index in [1.54, 1.807) is 29.8 Å². The Morgan fingerprint density at radius 1 is 1.08 bits per heavy atom. The van der Waals surface area contributed by atoms with Crippen molar-refractivity contribution in [3.63, 3.8) is 0 Å². The number of thiazole rings is 1. The summed E-state index contributed by atoms with van der Waals surface area (Å²) in [6, 6.07) is 7.59. The van der Waals surface area contributed by atoms with Crippen molar-refractivity contribution >= 4 is 45.2 Å². The van der Waals surface area contributed by atoms with E-state index < -0.39 is 85.9 Å². The number of fused-ring (bicyclic) bond motifs is 2. The number of aromatic nitrogens is 2. The number of amides is 4. The van der Waals surface area contributed by atoms with Gasteiger partial charge in [0.05, 0.1) is 17.0 Å². The van der Waals surface area contributed by atoms with Crippen molar-refractivity contribution in [2.75, 3.05) is 6.54 Å². The van der Waals surface area contributed by atoms with E-state index in [1.807, 2.05) is 44.2 Å². The van der Waals surface area contributed by atoms with Crippen LogP contribution in [0.5, 0.6) is 5.75 Å². The van der Waals surface area contributed by atoms with Crippen LogP contribution in [0.4, 0.5) is 18.0 Å². The first-order valence-corrected chi connectivity index (χ1v) is 23.4. The Hall–Kier alpha value is -5.04. The van der Waals surface area contributed by atoms with Crippen LogP contribution in [0.25, 0.3) is 22.0 Å².